The van der Waals surface area contributed by atoms with Crippen LogP contribution in [0.1, 0.15) is 32.9 Å². The smallest absolute Gasteiger partial charge is 0.345 e. The molecule has 0 saturated carbocycles. The number of nitrogens with one attached hydrogen (secondary N) is 1. The molecule has 0 radical (unpaired) electrons. The average molecular weight is 530 g/mol. The summed E-state index contributed by atoms with van der Waals surface area (Å²) in [6, 6.07) is 13.7. The quantitative estimate of drug-likeness (QED) is 0.410. The molecule has 0 aliphatic carbocycles. The van der Waals surface area contributed by atoms with E-state index in [0.717, 1.165) is 39.1 Å². The number of halogens is 4. The second kappa shape index (κ2) is 10.4. The highest BCUT2D eigenvalue weighted by molar-refractivity contribution is 6.31. The molecule has 2 heterocycles. The fraction of sp³-hybridized carbons (Fsp3) is 0.160. The van der Waals surface area contributed by atoms with Crippen LogP contribution in [0.25, 0.3) is 5.69 Å². The third kappa shape index (κ3) is 5.78. The van der Waals surface area contributed by atoms with Crippen LogP contribution in [0.3, 0.4) is 0 Å². The third-order valence-electron chi connectivity index (χ3n) is 5.45. The molecule has 1 amide bonds. The third-order valence-corrected chi connectivity index (χ3v) is 5.86. The summed E-state index contributed by atoms with van der Waals surface area (Å²) >= 11 is 6.20. The van der Waals surface area contributed by atoms with E-state index < -0.39 is 41.1 Å². The van der Waals surface area contributed by atoms with Gasteiger partial charge in [-0.1, -0.05) is 35.9 Å². The van der Waals surface area contributed by atoms with Gasteiger partial charge in [-0.2, -0.15) is 23.0 Å². The van der Waals surface area contributed by atoms with Gasteiger partial charge < -0.3 is 5.32 Å². The minimum atomic E-state index is -4.54. The van der Waals surface area contributed by atoms with Gasteiger partial charge in [0.05, 0.1) is 30.0 Å². The molecule has 2 aromatic carbocycles. The second-order valence-electron chi connectivity index (χ2n) is 8.07. The summed E-state index contributed by atoms with van der Waals surface area (Å²) in [6.07, 6.45) is -3.00. The molecule has 8 nitrogen and oxygen atoms in total. The molecule has 12 heteroatoms. The van der Waals surface area contributed by atoms with Crippen LogP contribution in [0.4, 0.5) is 13.2 Å². The highest BCUT2D eigenvalue weighted by atomic mass is 35.5. The van der Waals surface area contributed by atoms with E-state index in [9.17, 15) is 27.6 Å². The molecule has 0 saturated heterocycles. The maximum atomic E-state index is 13.3. The molecular formula is C25H19ClF3N5O3. The number of pyridine rings is 1. The number of nitrogens with zero attached hydrogens (tertiary/aromatic N) is 4. The molecule has 0 spiro atoms. The number of benzene rings is 2. The minimum Gasteiger partial charge on any atom is -0.345 e. The van der Waals surface area contributed by atoms with Crippen LogP contribution < -0.4 is 16.6 Å². The van der Waals surface area contributed by atoms with Crippen LogP contribution in [0, 0.1) is 6.92 Å². The summed E-state index contributed by atoms with van der Waals surface area (Å²) in [4.78, 5) is 43.5. The van der Waals surface area contributed by atoms with E-state index in [4.69, 9.17) is 11.6 Å². The van der Waals surface area contributed by atoms with E-state index in [1.54, 1.807) is 31.2 Å². The normalized spacial score (nSPS) is 11.4. The van der Waals surface area contributed by atoms with Crippen LogP contribution in [-0.4, -0.2) is 25.2 Å². The van der Waals surface area contributed by atoms with Crippen molar-refractivity contribution in [1.29, 1.82) is 0 Å². The Labute approximate surface area is 213 Å². The van der Waals surface area contributed by atoms with Crippen molar-refractivity contribution in [3.8, 4) is 5.69 Å². The summed E-state index contributed by atoms with van der Waals surface area (Å²) in [5.74, 6) is -0.858. The van der Waals surface area contributed by atoms with Crippen molar-refractivity contribution < 1.29 is 18.0 Å². The van der Waals surface area contributed by atoms with Gasteiger partial charge in [0, 0.05) is 11.2 Å². The zero-order chi connectivity index (χ0) is 26.7. The van der Waals surface area contributed by atoms with E-state index in [1.165, 1.54) is 18.3 Å². The number of aromatic nitrogens is 4. The number of carbonyl (C=O) groups is 1. The number of amides is 1. The molecule has 0 bridgehead atoms. The van der Waals surface area contributed by atoms with Gasteiger partial charge in [-0.05, 0) is 54.4 Å². The standard InChI is InChI=1S/C25H19ClF3N5O3/c1-15-5-10-19(12-20(15)26)34-24(37)33(14-16-6-8-17(9-7-16)25(27,28)29)23(36)21(32-34)22(35)31-13-18-4-2-3-11-30-18/h2-12H,13-14H2,1H3,(H,31,35). The lowest BCUT2D eigenvalue weighted by molar-refractivity contribution is -0.137. The SMILES string of the molecule is Cc1ccc(-n2nc(C(=O)NCc3ccccn3)c(=O)n(Cc3ccc(C(F)(F)F)cc3)c2=O)cc1Cl. The number of hydrogen-bond acceptors (Lipinski definition) is 5. The van der Waals surface area contributed by atoms with Gasteiger partial charge in [-0.15, -0.1) is 0 Å². The van der Waals surface area contributed by atoms with E-state index >= 15 is 0 Å². The van der Waals surface area contributed by atoms with Gasteiger partial charge in [0.15, 0.2) is 0 Å². The molecule has 0 atom stereocenters. The lowest BCUT2D eigenvalue weighted by Gasteiger charge is -2.13. The van der Waals surface area contributed by atoms with Crippen molar-refractivity contribution in [3.63, 3.8) is 0 Å². The maximum absolute atomic E-state index is 13.3. The van der Waals surface area contributed by atoms with Crippen molar-refractivity contribution in [2.24, 2.45) is 0 Å². The van der Waals surface area contributed by atoms with E-state index in [-0.39, 0.29) is 17.8 Å². The Bertz CT molecular complexity index is 1570. The van der Waals surface area contributed by atoms with Crippen LogP contribution in [-0.2, 0) is 19.3 Å². The zero-order valence-electron chi connectivity index (χ0n) is 19.3. The van der Waals surface area contributed by atoms with Gasteiger partial charge in [-0.3, -0.25) is 19.1 Å². The average Bonchev–Trinajstić information content (AvgIpc) is 2.87. The first-order valence-corrected chi connectivity index (χ1v) is 11.3. The molecule has 0 aliphatic rings. The highest BCUT2D eigenvalue weighted by Gasteiger charge is 2.30. The van der Waals surface area contributed by atoms with E-state index in [1.807, 2.05) is 0 Å². The number of hydrogen-bond donors (Lipinski definition) is 1. The lowest BCUT2D eigenvalue weighted by Crippen LogP contribution is -2.46. The van der Waals surface area contributed by atoms with Crippen molar-refractivity contribution in [2.75, 3.05) is 0 Å². The molecule has 190 valence electrons. The maximum Gasteiger partial charge on any atom is 0.416 e. The Morgan fingerprint density at radius 2 is 1.78 bits per heavy atom. The summed E-state index contributed by atoms with van der Waals surface area (Å²) < 4.78 is 40.4. The number of carbonyl (C=O) groups excluding carboxylic acids is 1. The Balaban J connectivity index is 1.78. The number of rotatable bonds is 6. The van der Waals surface area contributed by atoms with Crippen molar-refractivity contribution in [1.82, 2.24) is 24.6 Å². The molecule has 0 aliphatic heterocycles. The lowest BCUT2D eigenvalue weighted by atomic mass is 10.1. The number of aryl methyl sites for hydroxylation is 1. The molecule has 0 fully saturated rings. The fourth-order valence-electron chi connectivity index (χ4n) is 3.42. The van der Waals surface area contributed by atoms with Gasteiger partial charge in [-0.25, -0.2) is 4.79 Å². The van der Waals surface area contributed by atoms with E-state index in [2.05, 4.69) is 15.4 Å². The molecule has 0 unspecified atom stereocenters. The Kier molecular flexibility index (Phi) is 7.25. The van der Waals surface area contributed by atoms with Crippen LogP contribution in [0.5, 0.6) is 0 Å². The van der Waals surface area contributed by atoms with Gasteiger partial charge >= 0.3 is 11.9 Å². The van der Waals surface area contributed by atoms with Crippen LogP contribution in [0.2, 0.25) is 5.02 Å². The zero-order valence-corrected chi connectivity index (χ0v) is 20.0. The van der Waals surface area contributed by atoms with Crippen LogP contribution >= 0.6 is 11.6 Å². The Morgan fingerprint density at radius 1 is 1.05 bits per heavy atom. The van der Waals surface area contributed by atoms with Gasteiger partial charge in [0.25, 0.3) is 11.5 Å². The molecule has 4 aromatic rings. The molecule has 37 heavy (non-hydrogen) atoms. The first-order valence-electron chi connectivity index (χ1n) is 10.9. The summed E-state index contributed by atoms with van der Waals surface area (Å²) in [7, 11) is 0. The van der Waals surface area contributed by atoms with Gasteiger partial charge in [0.1, 0.15) is 0 Å². The second-order valence-corrected chi connectivity index (χ2v) is 8.47. The van der Waals surface area contributed by atoms with Gasteiger partial charge in [0.2, 0.25) is 5.69 Å². The predicted molar refractivity (Wildman–Crippen MR) is 130 cm³/mol. The summed E-state index contributed by atoms with van der Waals surface area (Å²) in [5.41, 5.74) is -1.67. The topological polar surface area (TPSA) is 98.9 Å². The predicted octanol–water partition coefficient (Wildman–Crippen LogP) is 3.75. The highest BCUT2D eigenvalue weighted by Crippen LogP contribution is 2.29. The van der Waals surface area contributed by atoms with Crippen LogP contribution in [0.15, 0.2) is 76.4 Å². The van der Waals surface area contributed by atoms with Crippen molar-refractivity contribution in [3.05, 3.63) is 121 Å². The van der Waals surface area contributed by atoms with Crippen molar-refractivity contribution >= 4 is 17.5 Å². The Hall–Kier alpha value is -4.25. The van der Waals surface area contributed by atoms with E-state index in [0.29, 0.717) is 10.7 Å². The number of alkyl halides is 3. The first kappa shape index (κ1) is 25.8. The molecular weight excluding hydrogens is 511 g/mol. The molecule has 4 rings (SSSR count). The summed E-state index contributed by atoms with van der Waals surface area (Å²) in [5, 5.41) is 6.88. The fourth-order valence-corrected chi connectivity index (χ4v) is 3.59. The minimum absolute atomic E-state index is 0.00478. The first-order chi connectivity index (χ1) is 17.5. The largest absolute Gasteiger partial charge is 0.416 e. The monoisotopic (exact) mass is 529 g/mol. The molecule has 2 aromatic heterocycles. The summed E-state index contributed by atoms with van der Waals surface area (Å²) in [6.45, 7) is 1.36. The Morgan fingerprint density at radius 3 is 2.41 bits per heavy atom. The van der Waals surface area contributed by atoms with Crippen molar-refractivity contribution in [2.45, 2.75) is 26.2 Å². The molecule has 1 N–H and O–H groups in total.